The molecule has 0 saturated carbocycles. The molecule has 0 fully saturated rings. The lowest BCUT2D eigenvalue weighted by Crippen LogP contribution is -2.51. The average molecular weight is 650 g/mol. The Hall–Kier alpha value is -3.71. The van der Waals surface area contributed by atoms with E-state index in [0.29, 0.717) is 0 Å². The number of aliphatic hydroxyl groups is 1. The number of alkyl halides is 1. The molecule has 0 aliphatic heterocycles. The predicted octanol–water partition coefficient (Wildman–Crippen LogP) is 5.44. The Bertz CT molecular complexity index is 1470. The number of aliphatic hydroxyl groups excluding tert-OH is 1. The fourth-order valence-corrected chi connectivity index (χ4v) is 5.63. The number of halogens is 1. The van der Waals surface area contributed by atoms with Gasteiger partial charge in [0.1, 0.15) is 18.4 Å². The van der Waals surface area contributed by atoms with Crippen LogP contribution in [0, 0.1) is 0 Å². The maximum atomic E-state index is 12.0. The quantitative estimate of drug-likeness (QED) is 0.174. The molecular formula is C33H34BrN2O5P. The highest BCUT2D eigenvalue weighted by Gasteiger charge is 2.30. The van der Waals surface area contributed by atoms with Crippen molar-refractivity contribution in [2.75, 3.05) is 13.7 Å². The van der Waals surface area contributed by atoms with Gasteiger partial charge in [0.25, 0.3) is 0 Å². The third kappa shape index (κ3) is 7.57. The van der Waals surface area contributed by atoms with Crippen molar-refractivity contribution in [3.05, 3.63) is 119 Å². The summed E-state index contributed by atoms with van der Waals surface area (Å²) in [7, 11) is 4.37. The summed E-state index contributed by atoms with van der Waals surface area (Å²) in [6.45, 7) is 1.50. The number of fused-ring (bicyclic) bond motifs is 3. The number of hydrogen-bond acceptors (Lipinski definition) is 5. The van der Waals surface area contributed by atoms with Crippen LogP contribution in [0.2, 0.25) is 0 Å². The van der Waals surface area contributed by atoms with Gasteiger partial charge in [-0.05, 0) is 57.7 Å². The number of rotatable bonds is 8. The van der Waals surface area contributed by atoms with Gasteiger partial charge in [-0.25, -0.2) is 4.79 Å². The molecule has 7 nitrogen and oxygen atoms in total. The zero-order chi connectivity index (χ0) is 30.2. The highest BCUT2D eigenvalue weighted by Crippen LogP contribution is 2.44. The number of nitrogens with two attached hydrogens (primary N) is 1. The minimum Gasteiger partial charge on any atom is -0.497 e. The Morgan fingerprint density at radius 2 is 1.40 bits per heavy atom. The van der Waals surface area contributed by atoms with E-state index in [0.717, 1.165) is 28.0 Å². The van der Waals surface area contributed by atoms with Crippen LogP contribution in [0.1, 0.15) is 39.9 Å². The molecule has 4 aromatic rings. The van der Waals surface area contributed by atoms with Crippen molar-refractivity contribution in [2.24, 2.45) is 5.73 Å². The second-order valence-corrected chi connectivity index (χ2v) is 11.5. The second-order valence-electron chi connectivity index (χ2n) is 9.89. The summed E-state index contributed by atoms with van der Waals surface area (Å²) in [5.41, 5.74) is 12.1. The lowest BCUT2D eigenvalue weighted by molar-refractivity contribution is -0.122. The number of methoxy groups -OCH3 is 1. The summed E-state index contributed by atoms with van der Waals surface area (Å²) in [5, 5.41) is 13.0. The van der Waals surface area contributed by atoms with Crippen LogP contribution in [0.4, 0.5) is 4.79 Å². The average Bonchev–Trinajstić information content (AvgIpc) is 3.32. The zero-order valence-corrected chi connectivity index (χ0v) is 26.1. The van der Waals surface area contributed by atoms with Gasteiger partial charge in [0, 0.05) is 5.92 Å². The molecule has 5 rings (SSSR count). The van der Waals surface area contributed by atoms with E-state index in [2.05, 4.69) is 66.9 Å². The lowest BCUT2D eigenvalue weighted by atomic mass is 9.98. The van der Waals surface area contributed by atoms with E-state index in [1.54, 1.807) is 7.11 Å². The molecule has 1 aliphatic rings. The predicted molar refractivity (Wildman–Crippen MR) is 172 cm³/mol. The molecule has 4 atom stereocenters. The Balaban J connectivity index is 0.000000208. The molecule has 0 saturated heterocycles. The minimum absolute atomic E-state index is 0.0725. The van der Waals surface area contributed by atoms with Crippen molar-refractivity contribution in [2.45, 2.75) is 29.8 Å². The topological polar surface area (TPSA) is 111 Å². The van der Waals surface area contributed by atoms with E-state index in [4.69, 9.17) is 15.2 Å². The van der Waals surface area contributed by atoms with Crippen LogP contribution in [0.15, 0.2) is 97.1 Å². The molecule has 2 amide bonds. The maximum Gasteiger partial charge on any atom is 0.407 e. The Morgan fingerprint density at radius 1 is 0.905 bits per heavy atom. The molecule has 0 spiro atoms. The Labute approximate surface area is 256 Å². The first-order valence-corrected chi connectivity index (χ1v) is 14.9. The molecule has 0 aromatic heterocycles. The van der Waals surface area contributed by atoms with Gasteiger partial charge in [-0.15, -0.1) is 9.24 Å². The number of nitrogens with one attached hydrogen (secondary N) is 1. The van der Waals surface area contributed by atoms with Gasteiger partial charge in [-0.3, -0.25) is 4.79 Å². The first-order valence-electron chi connectivity index (χ1n) is 13.4. The van der Waals surface area contributed by atoms with Crippen LogP contribution in [0.5, 0.6) is 5.75 Å². The number of benzene rings is 4. The summed E-state index contributed by atoms with van der Waals surface area (Å²) in [6.07, 6.45) is -1.88. The van der Waals surface area contributed by atoms with Crippen molar-refractivity contribution in [1.29, 1.82) is 0 Å². The third-order valence-corrected chi connectivity index (χ3v) is 8.49. The van der Waals surface area contributed by atoms with E-state index in [9.17, 15) is 14.7 Å². The fourth-order valence-electron chi connectivity index (χ4n) is 4.83. The van der Waals surface area contributed by atoms with Crippen LogP contribution in [-0.4, -0.2) is 43.0 Å². The molecule has 42 heavy (non-hydrogen) atoms. The van der Waals surface area contributed by atoms with Crippen molar-refractivity contribution >= 4 is 42.5 Å². The highest BCUT2D eigenvalue weighted by molar-refractivity contribution is 9.09. The lowest BCUT2D eigenvalue weighted by Gasteiger charge is -2.19. The smallest absolute Gasteiger partial charge is 0.407 e. The summed E-state index contributed by atoms with van der Waals surface area (Å²) >= 11 is 3.72. The third-order valence-electron chi connectivity index (χ3n) is 7.04. The summed E-state index contributed by atoms with van der Waals surface area (Å²) in [6, 6.07) is 31.4. The molecular weight excluding hydrogens is 615 g/mol. The number of primary amides is 1. The van der Waals surface area contributed by atoms with Gasteiger partial charge in [0.05, 0.1) is 18.0 Å². The van der Waals surface area contributed by atoms with Crippen LogP contribution in [-0.2, 0) is 9.53 Å². The van der Waals surface area contributed by atoms with Crippen molar-refractivity contribution in [3.63, 3.8) is 0 Å². The normalized spacial score (nSPS) is 13.8. The van der Waals surface area contributed by atoms with E-state index in [1.807, 2.05) is 60.7 Å². The maximum absolute atomic E-state index is 12.0. The number of alkyl carbamates (subject to hydrolysis) is 1. The van der Waals surface area contributed by atoms with E-state index < -0.39 is 24.1 Å². The molecule has 0 radical (unpaired) electrons. The fraction of sp³-hybridized carbons (Fsp3) is 0.212. The van der Waals surface area contributed by atoms with Crippen molar-refractivity contribution < 1.29 is 24.2 Å². The first kappa shape index (κ1) is 31.2. The van der Waals surface area contributed by atoms with Crippen LogP contribution >= 0.6 is 25.2 Å². The Kier molecular flexibility index (Phi) is 10.7. The second kappa shape index (κ2) is 14.5. The van der Waals surface area contributed by atoms with Crippen molar-refractivity contribution in [3.8, 4) is 16.9 Å². The van der Waals surface area contributed by atoms with Crippen molar-refractivity contribution in [1.82, 2.24) is 5.32 Å². The van der Waals surface area contributed by atoms with E-state index in [1.165, 1.54) is 23.4 Å². The standard InChI is InChI=1S/C19H20N2O4.C14H14BrOP/c1-11(22)17(18(20)23)21-19(24)25-10-16-14-8-4-2-6-12(14)13-7-3-5-9-15(13)16;1-16-12-6-2-10(3-7-12)14(15)11-4-8-13(17)9-5-11/h2-9,11,16-17,22H,10H2,1H3,(H2,20,23)(H,21,24);2-9,14H,17H2,1H3/t11-,17+;/m1./s1. The number of amides is 2. The molecule has 0 heterocycles. The first-order chi connectivity index (χ1) is 20.2. The molecule has 0 bridgehead atoms. The summed E-state index contributed by atoms with van der Waals surface area (Å²) in [5.74, 6) is -0.00556. The SMILES string of the molecule is COc1ccc(C(Br)c2ccc(P)cc2)cc1.C[C@@H](O)[C@H](NC(=O)OCC1c2ccccc2-c2ccccc21)C(N)=O. The van der Waals surface area contributed by atoms with Crippen LogP contribution in [0.3, 0.4) is 0 Å². The van der Waals surface area contributed by atoms with Gasteiger partial charge in [-0.2, -0.15) is 0 Å². The number of carbonyl (C=O) groups is 2. The molecule has 9 heteroatoms. The van der Waals surface area contributed by atoms with Gasteiger partial charge in [-0.1, -0.05) is 101 Å². The summed E-state index contributed by atoms with van der Waals surface area (Å²) in [4.78, 5) is 23.5. The largest absolute Gasteiger partial charge is 0.497 e. The van der Waals surface area contributed by atoms with Gasteiger partial charge >= 0.3 is 6.09 Å². The van der Waals surface area contributed by atoms with Gasteiger partial charge < -0.3 is 25.6 Å². The van der Waals surface area contributed by atoms with E-state index in [-0.39, 0.29) is 17.4 Å². The van der Waals surface area contributed by atoms with Crippen LogP contribution in [0.25, 0.3) is 11.1 Å². The van der Waals surface area contributed by atoms with E-state index >= 15 is 0 Å². The zero-order valence-electron chi connectivity index (χ0n) is 23.4. The Morgan fingerprint density at radius 3 is 1.88 bits per heavy atom. The summed E-state index contributed by atoms with van der Waals surface area (Å²) < 4.78 is 10.5. The number of carbonyl (C=O) groups excluding carboxylic acids is 2. The molecule has 218 valence electrons. The van der Waals surface area contributed by atoms with Gasteiger partial charge in [0.2, 0.25) is 5.91 Å². The minimum atomic E-state index is -1.18. The molecule has 2 unspecified atom stereocenters. The number of hydrogen-bond donors (Lipinski definition) is 3. The molecule has 4 aromatic carbocycles. The van der Waals surface area contributed by atoms with Crippen LogP contribution < -0.4 is 21.1 Å². The number of ether oxygens (including phenoxy) is 2. The van der Waals surface area contributed by atoms with Gasteiger partial charge in [0.15, 0.2) is 0 Å². The highest BCUT2D eigenvalue weighted by atomic mass is 79.9. The molecule has 4 N–H and O–H groups in total. The monoisotopic (exact) mass is 648 g/mol. The molecule has 1 aliphatic carbocycles.